The van der Waals surface area contributed by atoms with E-state index in [1.165, 1.54) is 4.68 Å². The fourth-order valence-corrected chi connectivity index (χ4v) is 3.89. The first-order valence-electron chi connectivity index (χ1n) is 6.73. The van der Waals surface area contributed by atoms with E-state index in [0.717, 1.165) is 34.5 Å². The van der Waals surface area contributed by atoms with Crippen molar-refractivity contribution in [2.45, 2.75) is 19.1 Å². The molecular formula is C14H16BrN3O2S. The van der Waals surface area contributed by atoms with Crippen LogP contribution in [0.1, 0.15) is 11.3 Å². The smallest absolute Gasteiger partial charge is 0.269 e. The zero-order valence-electron chi connectivity index (χ0n) is 11.7. The van der Waals surface area contributed by atoms with Crippen molar-refractivity contribution in [3.63, 3.8) is 0 Å². The summed E-state index contributed by atoms with van der Waals surface area (Å²) in [7, 11) is 1.73. The molecule has 0 saturated carbocycles. The number of nitrogens with zero attached hydrogens (tertiary/aromatic N) is 3. The van der Waals surface area contributed by atoms with E-state index in [4.69, 9.17) is 4.74 Å². The van der Waals surface area contributed by atoms with Crippen LogP contribution in [0, 0.1) is 0 Å². The van der Waals surface area contributed by atoms with Gasteiger partial charge >= 0.3 is 0 Å². The van der Waals surface area contributed by atoms with Gasteiger partial charge in [-0.1, -0.05) is 0 Å². The van der Waals surface area contributed by atoms with Crippen LogP contribution in [0.25, 0.3) is 0 Å². The third-order valence-corrected chi connectivity index (χ3v) is 5.31. The first kappa shape index (κ1) is 14.7. The van der Waals surface area contributed by atoms with E-state index in [1.54, 1.807) is 30.7 Å². The normalized spacial score (nSPS) is 18.4. The predicted octanol–water partition coefficient (Wildman–Crippen LogP) is 2.34. The number of anilines is 1. The van der Waals surface area contributed by atoms with Crippen molar-refractivity contribution in [2.24, 2.45) is 0 Å². The van der Waals surface area contributed by atoms with Crippen molar-refractivity contribution in [3.05, 3.63) is 43.4 Å². The molecule has 1 saturated heterocycles. The summed E-state index contributed by atoms with van der Waals surface area (Å²) in [6, 6.07) is 3.67. The summed E-state index contributed by atoms with van der Waals surface area (Å²) < 4.78 is 7.88. The highest BCUT2D eigenvalue weighted by molar-refractivity contribution is 9.10. The number of methoxy groups -OCH3 is 1. The van der Waals surface area contributed by atoms with E-state index in [9.17, 15) is 4.79 Å². The molecule has 0 N–H and O–H groups in total. The van der Waals surface area contributed by atoms with Crippen LogP contribution in [-0.2, 0) is 11.3 Å². The lowest BCUT2D eigenvalue weighted by Crippen LogP contribution is -2.27. The quantitative estimate of drug-likeness (QED) is 0.829. The van der Waals surface area contributed by atoms with Crippen molar-refractivity contribution in [1.29, 1.82) is 0 Å². The summed E-state index contributed by atoms with van der Waals surface area (Å²) in [6.07, 6.45) is 3.00. The lowest BCUT2D eigenvalue weighted by molar-refractivity contribution is 0.121. The third kappa shape index (κ3) is 3.36. The van der Waals surface area contributed by atoms with Gasteiger partial charge in [-0.25, -0.2) is 4.68 Å². The van der Waals surface area contributed by atoms with Crippen LogP contribution in [0.15, 0.2) is 33.0 Å². The van der Waals surface area contributed by atoms with Gasteiger partial charge in [0.05, 0.1) is 24.5 Å². The highest BCUT2D eigenvalue weighted by Gasteiger charge is 2.22. The van der Waals surface area contributed by atoms with Crippen LogP contribution >= 0.6 is 27.3 Å². The van der Waals surface area contributed by atoms with Gasteiger partial charge in [0, 0.05) is 41.0 Å². The Hall–Kier alpha value is -1.18. The zero-order valence-corrected chi connectivity index (χ0v) is 14.1. The highest BCUT2D eigenvalue weighted by atomic mass is 79.9. The molecule has 2 aromatic rings. The predicted molar refractivity (Wildman–Crippen MR) is 87.2 cm³/mol. The summed E-state index contributed by atoms with van der Waals surface area (Å²) in [6.45, 7) is 2.23. The van der Waals surface area contributed by atoms with Crippen LogP contribution in [0.2, 0.25) is 0 Å². The molecule has 112 valence electrons. The molecule has 21 heavy (non-hydrogen) atoms. The molecule has 7 heteroatoms. The summed E-state index contributed by atoms with van der Waals surface area (Å²) in [5, 5.41) is 6.30. The van der Waals surface area contributed by atoms with E-state index in [-0.39, 0.29) is 11.7 Å². The number of thiophene rings is 1. The molecule has 1 unspecified atom stereocenters. The molecule has 0 spiro atoms. The van der Waals surface area contributed by atoms with Gasteiger partial charge in [-0.3, -0.25) is 4.79 Å². The second kappa shape index (κ2) is 6.29. The van der Waals surface area contributed by atoms with Gasteiger partial charge in [-0.15, -0.1) is 11.3 Å². The minimum atomic E-state index is -0.0714. The fourth-order valence-electron chi connectivity index (χ4n) is 2.46. The van der Waals surface area contributed by atoms with Crippen molar-refractivity contribution >= 4 is 33.0 Å². The lowest BCUT2D eigenvalue weighted by Gasteiger charge is -2.17. The molecule has 5 nitrogen and oxygen atoms in total. The largest absolute Gasteiger partial charge is 0.380 e. The number of ether oxygens (including phenoxy) is 1. The van der Waals surface area contributed by atoms with Crippen molar-refractivity contribution in [2.75, 3.05) is 25.1 Å². The highest BCUT2D eigenvalue weighted by Crippen LogP contribution is 2.21. The van der Waals surface area contributed by atoms with E-state index in [0.29, 0.717) is 6.54 Å². The van der Waals surface area contributed by atoms with Gasteiger partial charge in [0.2, 0.25) is 0 Å². The van der Waals surface area contributed by atoms with Crippen LogP contribution in [-0.4, -0.2) is 36.1 Å². The molecule has 1 atom stereocenters. The molecule has 0 aliphatic carbocycles. The monoisotopic (exact) mass is 369 g/mol. The van der Waals surface area contributed by atoms with E-state index in [2.05, 4.69) is 25.9 Å². The molecule has 0 amide bonds. The lowest BCUT2D eigenvalue weighted by atomic mass is 10.3. The SMILES string of the molecule is COC1CCN(c2cnn(Cc3cc(Br)cs3)c(=O)c2)C1. The van der Waals surface area contributed by atoms with Crippen LogP contribution in [0.3, 0.4) is 0 Å². The standard InChI is InChI=1S/C14H16BrN3O2S/c1-20-12-2-3-17(7-12)11-5-14(19)18(16-6-11)8-13-4-10(15)9-21-13/h4-6,9,12H,2-3,7-8H2,1H3. The Morgan fingerprint density at radius 3 is 3.00 bits per heavy atom. The van der Waals surface area contributed by atoms with E-state index >= 15 is 0 Å². The first-order valence-corrected chi connectivity index (χ1v) is 8.41. The summed E-state index contributed by atoms with van der Waals surface area (Å²) in [5.41, 5.74) is 0.807. The molecule has 0 radical (unpaired) electrons. The third-order valence-electron chi connectivity index (χ3n) is 3.63. The second-order valence-electron chi connectivity index (χ2n) is 5.03. The molecule has 0 aromatic carbocycles. The van der Waals surface area contributed by atoms with Crippen molar-refractivity contribution < 1.29 is 4.74 Å². The van der Waals surface area contributed by atoms with Gasteiger partial charge < -0.3 is 9.64 Å². The van der Waals surface area contributed by atoms with Gasteiger partial charge in [0.25, 0.3) is 5.56 Å². The summed E-state index contributed by atoms with van der Waals surface area (Å²) in [5.74, 6) is 0. The first-order chi connectivity index (χ1) is 10.2. The molecule has 1 fully saturated rings. The Bertz CT molecular complexity index is 685. The Morgan fingerprint density at radius 1 is 1.52 bits per heavy atom. The zero-order chi connectivity index (χ0) is 14.8. The maximum Gasteiger partial charge on any atom is 0.269 e. The van der Waals surface area contributed by atoms with Gasteiger partial charge in [-0.05, 0) is 28.4 Å². The van der Waals surface area contributed by atoms with Crippen molar-refractivity contribution in [1.82, 2.24) is 9.78 Å². The van der Waals surface area contributed by atoms with Gasteiger partial charge in [0.1, 0.15) is 0 Å². The summed E-state index contributed by atoms with van der Waals surface area (Å²) in [4.78, 5) is 15.4. The maximum atomic E-state index is 12.2. The molecule has 0 bridgehead atoms. The molecule has 3 heterocycles. The second-order valence-corrected chi connectivity index (χ2v) is 6.94. The average Bonchev–Trinajstić information content (AvgIpc) is 3.10. The minimum Gasteiger partial charge on any atom is -0.380 e. The summed E-state index contributed by atoms with van der Waals surface area (Å²) >= 11 is 5.03. The Morgan fingerprint density at radius 2 is 2.38 bits per heavy atom. The Kier molecular flexibility index (Phi) is 4.42. The maximum absolute atomic E-state index is 12.2. The molecule has 1 aliphatic rings. The fraction of sp³-hybridized carbons (Fsp3) is 0.429. The topological polar surface area (TPSA) is 47.4 Å². The molecule has 2 aromatic heterocycles. The number of hydrogen-bond acceptors (Lipinski definition) is 5. The van der Waals surface area contributed by atoms with Crippen LogP contribution in [0.4, 0.5) is 5.69 Å². The van der Waals surface area contributed by atoms with Crippen LogP contribution < -0.4 is 10.5 Å². The molecule has 3 rings (SSSR count). The van der Waals surface area contributed by atoms with Crippen LogP contribution in [0.5, 0.6) is 0 Å². The number of halogens is 1. The van der Waals surface area contributed by atoms with E-state index in [1.807, 2.05) is 11.4 Å². The van der Waals surface area contributed by atoms with E-state index < -0.39 is 0 Å². The average molecular weight is 370 g/mol. The Labute approximate surface area is 135 Å². The molecule has 1 aliphatic heterocycles. The van der Waals surface area contributed by atoms with Crippen molar-refractivity contribution in [3.8, 4) is 0 Å². The number of hydrogen-bond donors (Lipinski definition) is 0. The van der Waals surface area contributed by atoms with Gasteiger partial charge in [0.15, 0.2) is 0 Å². The minimum absolute atomic E-state index is 0.0714. The van der Waals surface area contributed by atoms with Gasteiger partial charge in [-0.2, -0.15) is 5.10 Å². The molecular weight excluding hydrogens is 354 g/mol. The number of rotatable bonds is 4. The number of aromatic nitrogens is 2. The Balaban J connectivity index is 1.75.